The second-order valence-electron chi connectivity index (χ2n) is 3.93. The summed E-state index contributed by atoms with van der Waals surface area (Å²) >= 11 is 0.580. The maximum absolute atomic E-state index is 2.35. The minimum atomic E-state index is 0.580. The fourth-order valence-electron chi connectivity index (χ4n) is 1.72. The molecule has 1 heteroatoms. The topological polar surface area (TPSA) is 0 Å². The molecule has 0 spiro atoms. The molecule has 1 atom stereocenters. The molecule has 0 aliphatic rings. The zero-order valence-electron chi connectivity index (χ0n) is 9.47. The van der Waals surface area contributed by atoms with Crippen LogP contribution in [0.2, 0.25) is 4.82 Å². The van der Waals surface area contributed by atoms with Crippen molar-refractivity contribution in [2.45, 2.75) is 18.2 Å². The third-order valence-electron chi connectivity index (χ3n) is 2.45. The van der Waals surface area contributed by atoms with Gasteiger partial charge in [-0.25, -0.2) is 0 Å². The van der Waals surface area contributed by atoms with Gasteiger partial charge in [0, 0.05) is 0 Å². The van der Waals surface area contributed by atoms with E-state index in [-0.39, 0.29) is 0 Å². The zero-order chi connectivity index (χ0) is 11.2. The summed E-state index contributed by atoms with van der Waals surface area (Å²) in [5.41, 5.74) is 1.45. The second kappa shape index (κ2) is 5.88. The van der Waals surface area contributed by atoms with Crippen LogP contribution in [0.5, 0.6) is 0 Å². The Balaban J connectivity index is 1.92. The molecule has 82 valence electrons. The molecule has 2 rings (SSSR count). The molecule has 2 aromatic carbocycles. The van der Waals surface area contributed by atoms with Crippen molar-refractivity contribution in [1.29, 1.82) is 0 Å². The first-order valence-electron chi connectivity index (χ1n) is 5.60. The summed E-state index contributed by atoms with van der Waals surface area (Å²) < 4.78 is 1.50. The van der Waals surface area contributed by atoms with E-state index < -0.39 is 0 Å². The van der Waals surface area contributed by atoms with Crippen molar-refractivity contribution >= 4 is 19.4 Å². The first-order chi connectivity index (χ1) is 7.84. The SMILES string of the molecule is CC(Cc1ccccc1)[Se]c1ccccc1. The van der Waals surface area contributed by atoms with E-state index in [0.29, 0.717) is 15.0 Å². The van der Waals surface area contributed by atoms with Crippen molar-refractivity contribution in [2.75, 3.05) is 0 Å². The van der Waals surface area contributed by atoms with Crippen molar-refractivity contribution in [3.05, 3.63) is 66.2 Å². The standard InChI is InChI=1S/C15H16Se/c1-13(12-14-8-4-2-5-9-14)16-15-10-6-3-7-11-15/h2-11,13H,12H2,1H3. The van der Waals surface area contributed by atoms with Gasteiger partial charge < -0.3 is 0 Å². The molecule has 0 radical (unpaired) electrons. The minimum absolute atomic E-state index is 0.580. The van der Waals surface area contributed by atoms with E-state index in [4.69, 9.17) is 0 Å². The summed E-state index contributed by atoms with van der Waals surface area (Å²) in [7, 11) is 0. The Morgan fingerprint density at radius 1 is 0.875 bits per heavy atom. The van der Waals surface area contributed by atoms with Crippen LogP contribution in [-0.4, -0.2) is 15.0 Å². The molecule has 0 heterocycles. The first-order valence-corrected chi connectivity index (χ1v) is 7.45. The fraction of sp³-hybridized carbons (Fsp3) is 0.200. The normalized spacial score (nSPS) is 12.3. The molecule has 0 N–H and O–H groups in total. The average Bonchev–Trinajstić information content (AvgIpc) is 2.31. The molecule has 0 aliphatic carbocycles. The first kappa shape index (κ1) is 11.4. The Kier molecular flexibility index (Phi) is 4.21. The van der Waals surface area contributed by atoms with Gasteiger partial charge in [0.25, 0.3) is 0 Å². The van der Waals surface area contributed by atoms with Crippen LogP contribution in [0.1, 0.15) is 12.5 Å². The Morgan fingerprint density at radius 3 is 2.06 bits per heavy atom. The Bertz CT molecular complexity index is 366. The van der Waals surface area contributed by atoms with Gasteiger partial charge in [-0.2, -0.15) is 0 Å². The number of hydrogen-bond acceptors (Lipinski definition) is 0. The monoisotopic (exact) mass is 276 g/mol. The van der Waals surface area contributed by atoms with Gasteiger partial charge in [0.1, 0.15) is 0 Å². The van der Waals surface area contributed by atoms with Gasteiger partial charge >= 0.3 is 104 Å². The van der Waals surface area contributed by atoms with E-state index in [1.165, 1.54) is 16.4 Å². The van der Waals surface area contributed by atoms with E-state index in [9.17, 15) is 0 Å². The molecule has 1 unspecified atom stereocenters. The molecular formula is C15H16Se. The molecule has 0 fully saturated rings. The third kappa shape index (κ3) is 3.52. The molecule has 0 amide bonds. The molecular weight excluding hydrogens is 259 g/mol. The number of benzene rings is 2. The molecule has 0 saturated heterocycles. The van der Waals surface area contributed by atoms with Crippen molar-refractivity contribution < 1.29 is 0 Å². The van der Waals surface area contributed by atoms with Gasteiger partial charge in [0.2, 0.25) is 0 Å². The van der Waals surface area contributed by atoms with E-state index in [1.807, 2.05) is 0 Å². The van der Waals surface area contributed by atoms with Crippen LogP contribution in [0.15, 0.2) is 60.7 Å². The number of hydrogen-bond donors (Lipinski definition) is 0. The molecule has 0 saturated carbocycles. The van der Waals surface area contributed by atoms with E-state index >= 15 is 0 Å². The number of rotatable bonds is 4. The van der Waals surface area contributed by atoms with Crippen LogP contribution >= 0.6 is 0 Å². The summed E-state index contributed by atoms with van der Waals surface area (Å²) in [6, 6.07) is 21.6. The van der Waals surface area contributed by atoms with Crippen molar-refractivity contribution in [3.63, 3.8) is 0 Å². The molecule has 0 aromatic heterocycles. The van der Waals surface area contributed by atoms with Gasteiger partial charge in [0.05, 0.1) is 0 Å². The fourth-order valence-corrected chi connectivity index (χ4v) is 3.93. The van der Waals surface area contributed by atoms with Gasteiger partial charge in [0.15, 0.2) is 0 Å². The van der Waals surface area contributed by atoms with Crippen molar-refractivity contribution in [3.8, 4) is 0 Å². The van der Waals surface area contributed by atoms with Crippen molar-refractivity contribution in [1.82, 2.24) is 0 Å². The van der Waals surface area contributed by atoms with Crippen LogP contribution in [0, 0.1) is 0 Å². The van der Waals surface area contributed by atoms with Crippen LogP contribution in [0.25, 0.3) is 0 Å². The molecule has 0 aliphatic heterocycles. The van der Waals surface area contributed by atoms with E-state index in [2.05, 4.69) is 67.6 Å². The van der Waals surface area contributed by atoms with E-state index in [0.717, 1.165) is 4.82 Å². The van der Waals surface area contributed by atoms with Crippen LogP contribution < -0.4 is 4.46 Å². The summed E-state index contributed by atoms with van der Waals surface area (Å²) in [4.78, 5) is 0.761. The van der Waals surface area contributed by atoms with Crippen LogP contribution in [0.3, 0.4) is 0 Å². The van der Waals surface area contributed by atoms with Crippen LogP contribution in [0.4, 0.5) is 0 Å². The Labute approximate surface area is 104 Å². The molecule has 0 bridgehead atoms. The molecule has 16 heavy (non-hydrogen) atoms. The van der Waals surface area contributed by atoms with E-state index in [1.54, 1.807) is 0 Å². The molecule has 2 aromatic rings. The van der Waals surface area contributed by atoms with Gasteiger partial charge in [-0.05, 0) is 0 Å². The van der Waals surface area contributed by atoms with Gasteiger partial charge in [-0.15, -0.1) is 0 Å². The Hall–Kier alpha value is -1.04. The van der Waals surface area contributed by atoms with Gasteiger partial charge in [-0.1, -0.05) is 0 Å². The summed E-state index contributed by atoms with van der Waals surface area (Å²) in [5, 5.41) is 0. The summed E-state index contributed by atoms with van der Waals surface area (Å²) in [6.45, 7) is 2.35. The second-order valence-corrected chi connectivity index (χ2v) is 7.10. The van der Waals surface area contributed by atoms with Gasteiger partial charge in [-0.3, -0.25) is 0 Å². The maximum atomic E-state index is 2.35. The van der Waals surface area contributed by atoms with Crippen molar-refractivity contribution in [2.24, 2.45) is 0 Å². The zero-order valence-corrected chi connectivity index (χ0v) is 11.2. The average molecular weight is 275 g/mol. The predicted octanol–water partition coefficient (Wildman–Crippen LogP) is 3.07. The predicted molar refractivity (Wildman–Crippen MR) is 71.4 cm³/mol. The quantitative estimate of drug-likeness (QED) is 0.752. The van der Waals surface area contributed by atoms with Crippen LogP contribution in [-0.2, 0) is 6.42 Å². The Morgan fingerprint density at radius 2 is 1.44 bits per heavy atom. The summed E-state index contributed by atoms with van der Waals surface area (Å²) in [6.07, 6.45) is 1.19. The summed E-state index contributed by atoms with van der Waals surface area (Å²) in [5.74, 6) is 0. The third-order valence-corrected chi connectivity index (χ3v) is 4.78. The molecule has 0 nitrogen and oxygen atoms in total.